The number of carbonyl (C=O) groups excluding carboxylic acids is 1. The van der Waals surface area contributed by atoms with Crippen LogP contribution in [-0.2, 0) is 11.2 Å². The zero-order valence-corrected chi connectivity index (χ0v) is 12.4. The minimum Gasteiger partial charge on any atom is -0.496 e. The lowest BCUT2D eigenvalue weighted by atomic mass is 9.93. The van der Waals surface area contributed by atoms with Crippen molar-refractivity contribution in [3.8, 4) is 5.75 Å². The number of ether oxygens (including phenoxy) is 1. The first-order chi connectivity index (χ1) is 8.90. The van der Waals surface area contributed by atoms with Crippen molar-refractivity contribution in [3.05, 3.63) is 28.8 Å². The Morgan fingerprint density at radius 1 is 1.42 bits per heavy atom. The third-order valence-corrected chi connectivity index (χ3v) is 3.33. The fourth-order valence-electron chi connectivity index (χ4n) is 2.11. The molecule has 0 bridgehead atoms. The molecule has 0 radical (unpaired) electrons. The normalized spacial score (nSPS) is 12.4. The molecule has 3 N–H and O–H groups in total. The Labute approximate surface area is 115 Å². The minimum absolute atomic E-state index is 0.138. The molecule has 0 saturated heterocycles. The number of nitrogens with two attached hydrogens (primary N) is 1. The highest BCUT2D eigenvalue weighted by molar-refractivity contribution is 5.81. The van der Waals surface area contributed by atoms with Crippen molar-refractivity contribution in [2.45, 2.75) is 39.2 Å². The van der Waals surface area contributed by atoms with Crippen LogP contribution in [0.4, 0.5) is 0 Å². The van der Waals surface area contributed by atoms with E-state index in [9.17, 15) is 4.79 Å². The summed E-state index contributed by atoms with van der Waals surface area (Å²) in [6.45, 7) is 6.25. The molecule has 19 heavy (non-hydrogen) atoms. The number of carbonyl (C=O) groups is 1. The van der Waals surface area contributed by atoms with Crippen LogP contribution in [0.2, 0.25) is 0 Å². The van der Waals surface area contributed by atoms with Gasteiger partial charge >= 0.3 is 0 Å². The number of methoxy groups -OCH3 is 1. The molecular formula is C15H24N2O2. The highest BCUT2D eigenvalue weighted by Crippen LogP contribution is 2.30. The summed E-state index contributed by atoms with van der Waals surface area (Å²) in [5, 5.41) is 2.58. The van der Waals surface area contributed by atoms with Crippen LogP contribution in [0.25, 0.3) is 0 Å². The standard InChI is InChI=1S/C15H24N2O2/c1-9(2)12-7-11(8-13(16)15(18)17-4)10(3)6-14(12)19-5/h6-7,9,13H,8,16H2,1-5H3,(H,17,18). The summed E-state index contributed by atoms with van der Waals surface area (Å²) in [7, 11) is 3.28. The lowest BCUT2D eigenvalue weighted by Gasteiger charge is -2.18. The van der Waals surface area contributed by atoms with Crippen molar-refractivity contribution in [1.29, 1.82) is 0 Å². The largest absolute Gasteiger partial charge is 0.496 e. The van der Waals surface area contributed by atoms with Crippen LogP contribution >= 0.6 is 0 Å². The first kappa shape index (κ1) is 15.5. The maximum atomic E-state index is 11.5. The predicted octanol–water partition coefficient (Wildman–Crippen LogP) is 1.74. The third-order valence-electron chi connectivity index (χ3n) is 3.33. The second-order valence-electron chi connectivity index (χ2n) is 5.10. The Morgan fingerprint density at radius 2 is 2.05 bits per heavy atom. The summed E-state index contributed by atoms with van der Waals surface area (Å²) in [6.07, 6.45) is 0.537. The molecule has 1 amide bonds. The third kappa shape index (κ3) is 3.70. The van der Waals surface area contributed by atoms with E-state index in [4.69, 9.17) is 10.5 Å². The van der Waals surface area contributed by atoms with Gasteiger partial charge in [0.15, 0.2) is 0 Å². The average Bonchev–Trinajstić information content (AvgIpc) is 2.38. The molecule has 0 heterocycles. The van der Waals surface area contributed by atoms with Gasteiger partial charge in [-0.2, -0.15) is 0 Å². The molecule has 4 nitrogen and oxygen atoms in total. The van der Waals surface area contributed by atoms with Crippen LogP contribution in [0, 0.1) is 6.92 Å². The zero-order chi connectivity index (χ0) is 14.6. The molecule has 0 aliphatic carbocycles. The molecule has 0 aliphatic heterocycles. The molecule has 0 spiro atoms. The molecule has 1 rings (SSSR count). The molecule has 0 saturated carbocycles. The van der Waals surface area contributed by atoms with Crippen LogP contribution in [0.15, 0.2) is 12.1 Å². The summed E-state index contributed by atoms with van der Waals surface area (Å²) in [6, 6.07) is 3.60. The Kier molecular flexibility index (Phi) is 5.36. The van der Waals surface area contributed by atoms with Crippen molar-refractivity contribution < 1.29 is 9.53 Å². The van der Waals surface area contributed by atoms with E-state index in [0.717, 1.165) is 22.4 Å². The number of amides is 1. The summed E-state index contributed by atoms with van der Waals surface area (Å²) < 4.78 is 5.41. The van der Waals surface area contributed by atoms with E-state index >= 15 is 0 Å². The summed E-state index contributed by atoms with van der Waals surface area (Å²) in [4.78, 5) is 11.5. The van der Waals surface area contributed by atoms with Gasteiger partial charge in [-0.1, -0.05) is 19.9 Å². The minimum atomic E-state index is -0.517. The Morgan fingerprint density at radius 3 is 2.53 bits per heavy atom. The van der Waals surface area contributed by atoms with Gasteiger partial charge in [0, 0.05) is 7.05 Å². The van der Waals surface area contributed by atoms with E-state index in [1.54, 1.807) is 14.2 Å². The van der Waals surface area contributed by atoms with E-state index < -0.39 is 6.04 Å². The first-order valence-corrected chi connectivity index (χ1v) is 6.55. The molecule has 0 aromatic heterocycles. The van der Waals surface area contributed by atoms with E-state index in [2.05, 4.69) is 25.2 Å². The van der Waals surface area contributed by atoms with Gasteiger partial charge in [0.2, 0.25) is 5.91 Å². The smallest absolute Gasteiger partial charge is 0.237 e. The number of hydrogen-bond acceptors (Lipinski definition) is 3. The molecule has 1 aromatic carbocycles. The first-order valence-electron chi connectivity index (χ1n) is 6.55. The number of likely N-dealkylation sites (N-methyl/N-ethyl adjacent to an activating group) is 1. The predicted molar refractivity (Wildman–Crippen MR) is 77.6 cm³/mol. The van der Waals surface area contributed by atoms with E-state index in [-0.39, 0.29) is 5.91 Å². The fraction of sp³-hybridized carbons (Fsp3) is 0.533. The SMILES string of the molecule is CNC(=O)C(N)Cc1cc(C(C)C)c(OC)cc1C. The molecule has 1 aromatic rings. The van der Waals surface area contributed by atoms with Gasteiger partial charge in [0.05, 0.1) is 13.2 Å². The number of benzene rings is 1. The maximum Gasteiger partial charge on any atom is 0.237 e. The molecule has 4 heteroatoms. The monoisotopic (exact) mass is 264 g/mol. The second-order valence-corrected chi connectivity index (χ2v) is 5.10. The van der Waals surface area contributed by atoms with Gasteiger partial charge in [-0.15, -0.1) is 0 Å². The van der Waals surface area contributed by atoms with Crippen LogP contribution in [0.3, 0.4) is 0 Å². The van der Waals surface area contributed by atoms with Crippen LogP contribution in [0.5, 0.6) is 5.75 Å². The second kappa shape index (κ2) is 6.57. The summed E-state index contributed by atoms with van der Waals surface area (Å²) in [5.41, 5.74) is 9.22. The molecule has 1 unspecified atom stereocenters. The Bertz CT molecular complexity index is 456. The maximum absolute atomic E-state index is 11.5. The lowest BCUT2D eigenvalue weighted by Crippen LogP contribution is -2.40. The molecule has 106 valence electrons. The topological polar surface area (TPSA) is 64.4 Å². The Balaban J connectivity index is 3.08. The number of aryl methyl sites for hydroxylation is 1. The number of rotatable bonds is 5. The van der Waals surface area contributed by atoms with Gasteiger partial charge in [-0.05, 0) is 42.0 Å². The molecule has 1 atom stereocenters. The number of hydrogen-bond donors (Lipinski definition) is 2. The quantitative estimate of drug-likeness (QED) is 0.851. The summed E-state index contributed by atoms with van der Waals surface area (Å²) >= 11 is 0. The lowest BCUT2D eigenvalue weighted by molar-refractivity contribution is -0.121. The molecular weight excluding hydrogens is 240 g/mol. The van der Waals surface area contributed by atoms with Crippen LogP contribution in [0.1, 0.15) is 36.5 Å². The van der Waals surface area contributed by atoms with Crippen molar-refractivity contribution >= 4 is 5.91 Å². The van der Waals surface area contributed by atoms with Crippen LogP contribution in [-0.4, -0.2) is 26.1 Å². The molecule has 0 aliphatic rings. The van der Waals surface area contributed by atoms with Gasteiger partial charge in [-0.25, -0.2) is 0 Å². The van der Waals surface area contributed by atoms with Gasteiger partial charge in [0.25, 0.3) is 0 Å². The van der Waals surface area contributed by atoms with E-state index in [1.807, 2.05) is 13.0 Å². The fourth-order valence-corrected chi connectivity index (χ4v) is 2.11. The van der Waals surface area contributed by atoms with E-state index in [1.165, 1.54) is 0 Å². The van der Waals surface area contributed by atoms with Crippen molar-refractivity contribution in [2.24, 2.45) is 5.73 Å². The van der Waals surface area contributed by atoms with Crippen molar-refractivity contribution in [1.82, 2.24) is 5.32 Å². The summed E-state index contributed by atoms with van der Waals surface area (Å²) in [5.74, 6) is 1.12. The number of nitrogens with one attached hydrogen (secondary N) is 1. The molecule has 0 fully saturated rings. The van der Waals surface area contributed by atoms with Gasteiger partial charge in [0.1, 0.15) is 5.75 Å². The zero-order valence-electron chi connectivity index (χ0n) is 12.4. The van der Waals surface area contributed by atoms with Crippen molar-refractivity contribution in [2.75, 3.05) is 14.2 Å². The van der Waals surface area contributed by atoms with Crippen LogP contribution < -0.4 is 15.8 Å². The average molecular weight is 264 g/mol. The van der Waals surface area contributed by atoms with Gasteiger partial charge in [-0.3, -0.25) is 4.79 Å². The highest BCUT2D eigenvalue weighted by atomic mass is 16.5. The Hall–Kier alpha value is -1.55. The van der Waals surface area contributed by atoms with Crippen molar-refractivity contribution in [3.63, 3.8) is 0 Å². The van der Waals surface area contributed by atoms with Gasteiger partial charge < -0.3 is 15.8 Å². The van der Waals surface area contributed by atoms with E-state index in [0.29, 0.717) is 12.3 Å². The highest BCUT2D eigenvalue weighted by Gasteiger charge is 2.16.